The number of carbonyl (C=O) groups excluding carboxylic acids is 1. The highest BCUT2D eigenvalue weighted by Crippen LogP contribution is 2.24. The van der Waals surface area contributed by atoms with E-state index in [0.29, 0.717) is 22.6 Å². The maximum absolute atomic E-state index is 12.2. The van der Waals surface area contributed by atoms with Crippen LogP contribution >= 0.6 is 0 Å². The van der Waals surface area contributed by atoms with Crippen molar-refractivity contribution in [3.63, 3.8) is 0 Å². The molecule has 0 spiro atoms. The highest BCUT2D eigenvalue weighted by atomic mass is 16.5. The molecule has 1 aromatic heterocycles. The lowest BCUT2D eigenvalue weighted by Gasteiger charge is -2.21. The van der Waals surface area contributed by atoms with E-state index in [-0.39, 0.29) is 12.1 Å². The van der Waals surface area contributed by atoms with E-state index in [9.17, 15) is 4.79 Å². The van der Waals surface area contributed by atoms with Crippen molar-refractivity contribution in [2.24, 2.45) is 0 Å². The maximum Gasteiger partial charge on any atom is 0.340 e. The van der Waals surface area contributed by atoms with Crippen LogP contribution in [0.3, 0.4) is 0 Å². The highest BCUT2D eigenvalue weighted by Gasteiger charge is 2.21. The van der Waals surface area contributed by atoms with Crippen molar-refractivity contribution in [1.82, 2.24) is 4.98 Å². The molecule has 19 heavy (non-hydrogen) atoms. The average molecular weight is 259 g/mol. The zero-order chi connectivity index (χ0) is 13.2. The van der Waals surface area contributed by atoms with Crippen LogP contribution < -0.4 is 0 Å². The molecule has 100 valence electrons. The zero-order valence-electron chi connectivity index (χ0n) is 11.0. The van der Waals surface area contributed by atoms with E-state index in [4.69, 9.17) is 9.15 Å². The standard InChI is InChI=1S/C15H17NO3/c1-10-16-14-12(8-5-9-13(14)18-10)15(17)19-11-6-3-2-4-7-11/h5,8-9,11H,2-4,6-7H2,1H3. The summed E-state index contributed by atoms with van der Waals surface area (Å²) >= 11 is 0. The summed E-state index contributed by atoms with van der Waals surface area (Å²) in [6.45, 7) is 1.77. The number of para-hydroxylation sites is 1. The molecule has 0 saturated heterocycles. The van der Waals surface area contributed by atoms with E-state index in [1.165, 1.54) is 6.42 Å². The molecular weight excluding hydrogens is 242 g/mol. The van der Waals surface area contributed by atoms with E-state index in [1.54, 1.807) is 19.1 Å². The summed E-state index contributed by atoms with van der Waals surface area (Å²) in [6.07, 6.45) is 5.53. The summed E-state index contributed by atoms with van der Waals surface area (Å²) < 4.78 is 11.0. The van der Waals surface area contributed by atoms with Gasteiger partial charge in [0.2, 0.25) is 0 Å². The minimum absolute atomic E-state index is 0.0597. The number of oxazole rings is 1. The minimum atomic E-state index is -0.286. The first-order valence-electron chi connectivity index (χ1n) is 6.81. The van der Waals surface area contributed by atoms with Crippen molar-refractivity contribution >= 4 is 17.1 Å². The average Bonchev–Trinajstić information content (AvgIpc) is 2.79. The number of carbonyl (C=O) groups is 1. The smallest absolute Gasteiger partial charge is 0.340 e. The molecule has 0 unspecified atom stereocenters. The number of fused-ring (bicyclic) bond motifs is 1. The Morgan fingerprint density at radius 2 is 2.11 bits per heavy atom. The fourth-order valence-electron chi connectivity index (χ4n) is 2.62. The molecule has 3 rings (SSSR count). The van der Waals surface area contributed by atoms with Gasteiger partial charge in [-0.3, -0.25) is 0 Å². The van der Waals surface area contributed by atoms with Crippen LogP contribution in [0.15, 0.2) is 22.6 Å². The summed E-state index contributed by atoms with van der Waals surface area (Å²) in [4.78, 5) is 16.5. The van der Waals surface area contributed by atoms with E-state index in [2.05, 4.69) is 4.98 Å². The summed E-state index contributed by atoms with van der Waals surface area (Å²) in [5, 5.41) is 0. The topological polar surface area (TPSA) is 52.3 Å². The van der Waals surface area contributed by atoms with Crippen LogP contribution in [0.5, 0.6) is 0 Å². The van der Waals surface area contributed by atoms with Crippen molar-refractivity contribution in [3.8, 4) is 0 Å². The lowest BCUT2D eigenvalue weighted by molar-refractivity contribution is 0.0213. The van der Waals surface area contributed by atoms with E-state index >= 15 is 0 Å². The Morgan fingerprint density at radius 3 is 2.89 bits per heavy atom. The Labute approximate surface area is 111 Å². The second kappa shape index (κ2) is 5.03. The van der Waals surface area contributed by atoms with Gasteiger partial charge in [-0.05, 0) is 37.8 Å². The van der Waals surface area contributed by atoms with Crippen molar-refractivity contribution in [2.45, 2.75) is 45.1 Å². The molecule has 0 bridgehead atoms. The Morgan fingerprint density at radius 1 is 1.32 bits per heavy atom. The first-order chi connectivity index (χ1) is 9.24. The lowest BCUT2D eigenvalue weighted by atomic mass is 9.98. The molecule has 1 aromatic carbocycles. The highest BCUT2D eigenvalue weighted by molar-refractivity contribution is 6.01. The van der Waals surface area contributed by atoms with Gasteiger partial charge in [0.25, 0.3) is 0 Å². The second-order valence-electron chi connectivity index (χ2n) is 5.05. The minimum Gasteiger partial charge on any atom is -0.459 e. The molecule has 0 aliphatic heterocycles. The SMILES string of the molecule is Cc1nc2c(C(=O)OC3CCCCC3)cccc2o1. The summed E-state index contributed by atoms with van der Waals surface area (Å²) in [6, 6.07) is 5.35. The van der Waals surface area contributed by atoms with Gasteiger partial charge in [0.1, 0.15) is 11.6 Å². The van der Waals surface area contributed by atoms with Crippen molar-refractivity contribution < 1.29 is 13.9 Å². The largest absolute Gasteiger partial charge is 0.459 e. The molecule has 4 heteroatoms. The number of hydrogen-bond acceptors (Lipinski definition) is 4. The quantitative estimate of drug-likeness (QED) is 0.773. The van der Waals surface area contributed by atoms with E-state index in [0.717, 1.165) is 25.7 Å². The van der Waals surface area contributed by atoms with Gasteiger partial charge in [-0.2, -0.15) is 0 Å². The van der Waals surface area contributed by atoms with Gasteiger partial charge in [-0.25, -0.2) is 9.78 Å². The molecule has 0 N–H and O–H groups in total. The molecule has 1 saturated carbocycles. The van der Waals surface area contributed by atoms with E-state index < -0.39 is 0 Å². The molecule has 0 atom stereocenters. The molecule has 2 aromatic rings. The molecule has 1 aliphatic carbocycles. The first kappa shape index (κ1) is 12.2. The number of nitrogens with zero attached hydrogens (tertiary/aromatic N) is 1. The van der Waals surface area contributed by atoms with Gasteiger partial charge in [0.05, 0.1) is 5.56 Å². The summed E-state index contributed by atoms with van der Waals surface area (Å²) in [5.74, 6) is 0.277. The van der Waals surface area contributed by atoms with Crippen LogP contribution in [0.25, 0.3) is 11.1 Å². The van der Waals surface area contributed by atoms with Gasteiger partial charge in [-0.15, -0.1) is 0 Å². The number of hydrogen-bond donors (Lipinski definition) is 0. The predicted molar refractivity (Wildman–Crippen MR) is 71.0 cm³/mol. The molecule has 0 amide bonds. The number of rotatable bonds is 2. The van der Waals surface area contributed by atoms with Gasteiger partial charge >= 0.3 is 5.97 Å². The number of aromatic nitrogens is 1. The van der Waals surface area contributed by atoms with Crippen molar-refractivity contribution in [3.05, 3.63) is 29.7 Å². The molecule has 1 aliphatic rings. The third-order valence-corrected chi connectivity index (χ3v) is 3.57. The Bertz CT molecular complexity index is 596. The first-order valence-corrected chi connectivity index (χ1v) is 6.81. The lowest BCUT2D eigenvalue weighted by Crippen LogP contribution is -2.21. The fraction of sp³-hybridized carbons (Fsp3) is 0.467. The monoisotopic (exact) mass is 259 g/mol. The number of esters is 1. The molecular formula is C15H17NO3. The predicted octanol–water partition coefficient (Wildman–Crippen LogP) is 3.63. The van der Waals surface area contributed by atoms with Gasteiger partial charge in [0.15, 0.2) is 11.5 Å². The van der Waals surface area contributed by atoms with Crippen LogP contribution in [0.4, 0.5) is 0 Å². The van der Waals surface area contributed by atoms with Gasteiger partial charge in [-0.1, -0.05) is 12.5 Å². The van der Waals surface area contributed by atoms with Crippen molar-refractivity contribution in [2.75, 3.05) is 0 Å². The molecule has 1 heterocycles. The second-order valence-corrected chi connectivity index (χ2v) is 5.05. The van der Waals surface area contributed by atoms with Crippen LogP contribution in [0, 0.1) is 6.92 Å². The van der Waals surface area contributed by atoms with Crippen LogP contribution in [0.1, 0.15) is 48.4 Å². The molecule has 4 nitrogen and oxygen atoms in total. The van der Waals surface area contributed by atoms with Gasteiger partial charge in [0, 0.05) is 6.92 Å². The molecule has 1 fully saturated rings. The number of ether oxygens (including phenoxy) is 1. The number of aryl methyl sites for hydroxylation is 1. The Kier molecular flexibility index (Phi) is 3.23. The van der Waals surface area contributed by atoms with Crippen LogP contribution in [-0.4, -0.2) is 17.1 Å². The van der Waals surface area contributed by atoms with Crippen molar-refractivity contribution in [1.29, 1.82) is 0 Å². The fourth-order valence-corrected chi connectivity index (χ4v) is 2.62. The number of benzene rings is 1. The molecule has 0 radical (unpaired) electrons. The van der Waals surface area contributed by atoms with E-state index in [1.807, 2.05) is 6.07 Å². The van der Waals surface area contributed by atoms with Crippen LogP contribution in [0.2, 0.25) is 0 Å². The Hall–Kier alpha value is -1.84. The van der Waals surface area contributed by atoms with Gasteiger partial charge < -0.3 is 9.15 Å². The maximum atomic E-state index is 12.2. The normalized spacial score (nSPS) is 16.7. The van der Waals surface area contributed by atoms with Crippen LogP contribution in [-0.2, 0) is 4.74 Å². The third kappa shape index (κ3) is 2.48. The third-order valence-electron chi connectivity index (χ3n) is 3.57. The summed E-state index contributed by atoms with van der Waals surface area (Å²) in [5.41, 5.74) is 1.73. The Balaban J connectivity index is 1.84. The summed E-state index contributed by atoms with van der Waals surface area (Å²) in [7, 11) is 0. The zero-order valence-corrected chi connectivity index (χ0v) is 11.0.